The van der Waals surface area contributed by atoms with E-state index in [1.807, 2.05) is 6.07 Å². The Balaban J connectivity index is 0.000000244. The minimum atomic E-state index is -0.877. The molecule has 4 aromatic carbocycles. The standard InChI is InChI=1S/C18H15P.C12H17N2O.CH3.ClH.Ru.H/c1-4-10-16(11-5-1)19(17-12-6-2-7-13-17)18-14-8-3-9-15-18;1-2-7-13-10-14(8-9-15)12-6-4-3-5-11(12)13;;;;/h1-15H;3-6,10,15H,2,7-9H2,1H3;1H3;1H;;/q;2*-1;;+3;. The first-order valence-corrected chi connectivity index (χ1v) is 16.0. The fourth-order valence-corrected chi connectivity index (χ4v) is 6.84. The van der Waals surface area contributed by atoms with Crippen LogP contribution in [0.5, 0.6) is 0 Å². The number of nitrogens with zero attached hydrogens (tertiary/aromatic N) is 2. The molecule has 1 aliphatic heterocycles. The third-order valence-corrected chi connectivity index (χ3v) is 8.50. The quantitative estimate of drug-likeness (QED) is 0.159. The number of hydrogen-bond donors (Lipinski definition) is 1. The number of aliphatic hydroxyl groups is 1. The number of β-amino-alcohol motifs (C(OH)–C–C–N with tert-alkyl or cyclic N) is 1. The van der Waals surface area contributed by atoms with Crippen LogP contribution >= 0.6 is 17.6 Å². The molecule has 0 atom stereocenters. The average molecular weight is 621 g/mol. The van der Waals surface area contributed by atoms with Crippen molar-refractivity contribution in [3.63, 3.8) is 0 Å². The van der Waals surface area contributed by atoms with E-state index in [9.17, 15) is 0 Å². The summed E-state index contributed by atoms with van der Waals surface area (Å²) in [5.41, 5.74) is 2.44. The Kier molecular flexibility index (Phi) is 14.5. The van der Waals surface area contributed by atoms with E-state index < -0.39 is 7.92 Å². The topological polar surface area (TPSA) is 26.7 Å². The zero-order valence-electron chi connectivity index (χ0n) is 21.5. The van der Waals surface area contributed by atoms with Crippen LogP contribution in [0.25, 0.3) is 0 Å². The van der Waals surface area contributed by atoms with Crippen LogP contribution in [0.15, 0.2) is 115 Å². The van der Waals surface area contributed by atoms with Gasteiger partial charge in [-0.1, -0.05) is 73.7 Å². The molecule has 5 rings (SSSR count). The van der Waals surface area contributed by atoms with Crippen LogP contribution in [0.4, 0.5) is 11.4 Å². The normalized spacial score (nSPS) is 11.5. The molecule has 0 aromatic heterocycles. The molecule has 1 aliphatic rings. The maximum Gasteiger partial charge on any atom is 0.102 e. The van der Waals surface area contributed by atoms with Crippen molar-refractivity contribution in [2.75, 3.05) is 29.5 Å². The summed E-state index contributed by atoms with van der Waals surface area (Å²) in [4.78, 5) is 4.34. The molecule has 1 heterocycles. The van der Waals surface area contributed by atoms with E-state index in [4.69, 9.17) is 5.11 Å². The molecule has 6 heteroatoms. The van der Waals surface area contributed by atoms with Gasteiger partial charge in [0.1, 0.15) is 15.9 Å². The molecule has 1 N–H and O–H groups in total. The van der Waals surface area contributed by atoms with Crippen molar-refractivity contribution in [3.05, 3.63) is 129 Å². The maximum atomic E-state index is 8.99. The minimum absolute atomic E-state index is 0. The van der Waals surface area contributed by atoms with Gasteiger partial charge in [0.05, 0.1) is 14.5 Å². The van der Waals surface area contributed by atoms with E-state index in [0.29, 0.717) is 6.54 Å². The SMILES string of the molecule is CCCN1[CH-]N(CCO)c2ccccc21.[CH3-].[Cl][RuH+2].c1ccc([PH+](c2ccccc2)c2ccccc2)cc1. The molecular formula is C31H37ClN2OPRu+. The van der Waals surface area contributed by atoms with E-state index in [1.54, 1.807) is 17.3 Å². The van der Waals surface area contributed by atoms with Crippen molar-refractivity contribution in [2.24, 2.45) is 0 Å². The van der Waals surface area contributed by atoms with Crippen LogP contribution in [0.2, 0.25) is 0 Å². The Morgan fingerprint density at radius 1 is 0.649 bits per heavy atom. The second kappa shape index (κ2) is 17.3. The number of benzene rings is 4. The smallest absolute Gasteiger partial charge is 0.0620 e. The van der Waals surface area contributed by atoms with Gasteiger partial charge in [0.2, 0.25) is 0 Å². The summed E-state index contributed by atoms with van der Waals surface area (Å²) in [5.74, 6) is 0. The number of anilines is 2. The van der Waals surface area contributed by atoms with Crippen LogP contribution in [0.3, 0.4) is 0 Å². The predicted molar refractivity (Wildman–Crippen MR) is 163 cm³/mol. The molecule has 0 saturated heterocycles. The third kappa shape index (κ3) is 8.66. The van der Waals surface area contributed by atoms with Crippen LogP contribution in [0.1, 0.15) is 13.3 Å². The average Bonchev–Trinajstić information content (AvgIpc) is 3.30. The number of para-hydroxylation sites is 2. The van der Waals surface area contributed by atoms with Gasteiger partial charge in [0.25, 0.3) is 0 Å². The molecule has 3 nitrogen and oxygen atoms in total. The van der Waals surface area contributed by atoms with Crippen molar-refractivity contribution in [3.8, 4) is 0 Å². The van der Waals surface area contributed by atoms with E-state index in [0.717, 1.165) is 13.0 Å². The minimum Gasteiger partial charge on any atom is -0.0620 e. The van der Waals surface area contributed by atoms with E-state index in [-0.39, 0.29) is 14.0 Å². The zero-order chi connectivity index (χ0) is 25.6. The molecular weight excluding hydrogens is 584 g/mol. The second-order valence-electron chi connectivity index (χ2n) is 8.19. The summed E-state index contributed by atoms with van der Waals surface area (Å²) in [7, 11) is 3.73. The number of hydrogen-bond acceptors (Lipinski definition) is 3. The van der Waals surface area contributed by atoms with Crippen LogP contribution < -0.4 is 25.7 Å². The molecule has 0 saturated carbocycles. The van der Waals surface area contributed by atoms with Gasteiger partial charge in [-0.15, -0.1) is 0 Å². The van der Waals surface area contributed by atoms with Crippen LogP contribution in [0, 0.1) is 14.1 Å². The largest absolute Gasteiger partial charge is 0.102 e. The molecule has 0 aliphatic carbocycles. The fraction of sp³-hybridized carbons (Fsp3) is 0.161. The molecule has 0 radical (unpaired) electrons. The molecule has 37 heavy (non-hydrogen) atoms. The Bertz CT molecular complexity index is 1010. The van der Waals surface area contributed by atoms with Gasteiger partial charge in [0.15, 0.2) is 0 Å². The Morgan fingerprint density at radius 3 is 1.35 bits per heavy atom. The summed E-state index contributed by atoms with van der Waals surface area (Å²) in [5, 5.41) is 13.3. The zero-order valence-corrected chi connectivity index (χ0v) is 25.1. The van der Waals surface area contributed by atoms with Crippen molar-refractivity contribution in [2.45, 2.75) is 13.3 Å². The van der Waals surface area contributed by atoms with Crippen LogP contribution in [-0.4, -0.2) is 24.8 Å². The van der Waals surface area contributed by atoms with Crippen LogP contribution in [-0.2, 0) is 17.3 Å². The van der Waals surface area contributed by atoms with Gasteiger partial charge in [-0.25, -0.2) is 0 Å². The molecule has 0 unspecified atom stereocenters. The summed E-state index contributed by atoms with van der Waals surface area (Å²) in [6, 6.07) is 40.8. The number of fused-ring (bicyclic) bond motifs is 1. The molecule has 0 bridgehead atoms. The molecule has 0 spiro atoms. The van der Waals surface area contributed by atoms with Gasteiger partial charge < -0.3 is 22.3 Å². The number of rotatable bonds is 7. The predicted octanol–water partition coefficient (Wildman–Crippen LogP) is 5.88. The Hall–Kier alpha value is -2.22. The first-order valence-electron chi connectivity index (χ1n) is 12.1. The fourth-order valence-electron chi connectivity index (χ4n) is 4.26. The molecule has 0 fully saturated rings. The van der Waals surface area contributed by atoms with Gasteiger partial charge >= 0.3 is 27.0 Å². The van der Waals surface area contributed by atoms with Crippen molar-refractivity contribution >= 4 is 44.9 Å². The van der Waals surface area contributed by atoms with Gasteiger partial charge in [0, 0.05) is 17.9 Å². The number of aliphatic hydroxyl groups excluding tert-OH is 1. The number of halogens is 1. The van der Waals surface area contributed by atoms with E-state index in [1.165, 1.54) is 27.3 Å². The Morgan fingerprint density at radius 2 is 1.00 bits per heavy atom. The van der Waals surface area contributed by atoms with Crippen molar-refractivity contribution < 1.29 is 22.4 Å². The summed E-state index contributed by atoms with van der Waals surface area (Å²) in [6.07, 6.45) is 1.12. The second-order valence-corrected chi connectivity index (χ2v) is 10.7. The molecule has 196 valence electrons. The first kappa shape index (κ1) is 31.0. The van der Waals surface area contributed by atoms with Crippen molar-refractivity contribution in [1.82, 2.24) is 0 Å². The molecule has 4 aromatic rings. The maximum absolute atomic E-state index is 8.99. The van der Waals surface area contributed by atoms with E-state index in [2.05, 4.69) is 142 Å². The summed E-state index contributed by atoms with van der Waals surface area (Å²) in [6.45, 7) is 6.14. The molecule has 0 amide bonds. The van der Waals surface area contributed by atoms with Crippen molar-refractivity contribution in [1.29, 1.82) is 0 Å². The first-order chi connectivity index (χ1) is 17.8. The van der Waals surface area contributed by atoms with Gasteiger partial charge in [-0.3, -0.25) is 0 Å². The van der Waals surface area contributed by atoms with Gasteiger partial charge in [-0.2, -0.15) is 6.67 Å². The monoisotopic (exact) mass is 621 g/mol. The summed E-state index contributed by atoms with van der Waals surface area (Å²) >= 11 is 1.62. The van der Waals surface area contributed by atoms with E-state index >= 15 is 0 Å². The third-order valence-electron chi connectivity index (χ3n) is 5.77. The summed E-state index contributed by atoms with van der Waals surface area (Å²) < 4.78 is 0. The van der Waals surface area contributed by atoms with Gasteiger partial charge in [-0.05, 0) is 61.5 Å². The Labute approximate surface area is 238 Å².